The number of phenolic OH excluding ortho intramolecular Hbond substituents is 1. The van der Waals surface area contributed by atoms with Crippen LogP contribution in [0.2, 0.25) is 0 Å². The molecule has 2 heterocycles. The van der Waals surface area contributed by atoms with E-state index in [0.717, 1.165) is 12.7 Å². The van der Waals surface area contributed by atoms with Gasteiger partial charge in [0.1, 0.15) is 41.8 Å². The molecule has 1 aromatic rings. The van der Waals surface area contributed by atoms with Crippen molar-refractivity contribution in [3.05, 3.63) is 44.0 Å². The van der Waals surface area contributed by atoms with E-state index in [-0.39, 0.29) is 95.0 Å². The number of cyclic esters (lactones) is 1. The number of nitro groups is 1. The molecule has 1 aromatic carbocycles. The molecule has 5 atom stereocenters. The van der Waals surface area contributed by atoms with Crippen LogP contribution in [0.3, 0.4) is 0 Å². The van der Waals surface area contributed by atoms with Crippen LogP contribution in [0, 0.1) is 17.0 Å². The molecule has 1 fully saturated rings. The fourth-order valence-electron chi connectivity index (χ4n) is 7.44. The van der Waals surface area contributed by atoms with E-state index in [2.05, 4.69) is 26.3 Å². The van der Waals surface area contributed by atoms with Crippen molar-refractivity contribution in [2.75, 3.05) is 40.4 Å². The number of fused-ring (bicyclic) bond motifs is 1. The summed E-state index contributed by atoms with van der Waals surface area (Å²) in [5, 5.41) is 41.5. The van der Waals surface area contributed by atoms with E-state index in [1.807, 2.05) is 0 Å². The number of ether oxygens (including phenoxy) is 3. The lowest BCUT2D eigenvalue weighted by atomic mass is 9.94. The fraction of sp³-hybridized carbons (Fsp3) is 0.610. The van der Waals surface area contributed by atoms with Crippen LogP contribution in [0.25, 0.3) is 0 Å². The maximum Gasteiger partial charge on any atom is 0.342 e. The highest BCUT2D eigenvalue weighted by Crippen LogP contribution is 2.42. The molecule has 360 valence electrons. The van der Waals surface area contributed by atoms with E-state index in [9.17, 15) is 53.9 Å². The molecule has 0 spiro atoms. The minimum Gasteiger partial charge on any atom is -0.507 e. The summed E-state index contributed by atoms with van der Waals surface area (Å²) in [7, 11) is 2.53. The number of likely N-dealkylation sites (tertiary alicyclic amines) is 1. The first-order valence-electron chi connectivity index (χ1n) is 21.2. The fourth-order valence-corrected chi connectivity index (χ4v) is 7.44. The summed E-state index contributed by atoms with van der Waals surface area (Å²) in [5.41, 5.74) is 15.0. The molecule has 2 aliphatic rings. The van der Waals surface area contributed by atoms with E-state index < -0.39 is 76.8 Å². The van der Waals surface area contributed by atoms with Crippen LogP contribution >= 0.6 is 0 Å². The van der Waals surface area contributed by atoms with Crippen LogP contribution in [-0.2, 0) is 51.3 Å². The molecule has 0 aromatic heterocycles. The van der Waals surface area contributed by atoms with Crippen LogP contribution in [0.1, 0.15) is 98.7 Å². The van der Waals surface area contributed by atoms with Crippen molar-refractivity contribution in [2.45, 2.75) is 122 Å². The Balaban J connectivity index is 1.78. The molecule has 0 unspecified atom stereocenters. The standard InChI is InChI=1S/C41H62N10O14/c1-22(13-15-25-34(55)32-26(21-65-39(32)59)23(2)35(25)63-4)14-16-30(53)46-28(11-8-18-45-41(43)49-51(61)62)38(58)50-19-9-12-29(50)37(57)47-27(10-6-7-17-44-31(54)20-42)36(56)48-33(24(3)52)40(60)64-5/h13,24,27-29,33,52,55H,6-12,14-21,42H2,1-5H3,(H,44,54)(H,46,53)(H,47,57)(H,48,56)(H3,43,45,49)/b22-13+/t24-,27+,28+,29+,33+/m1/s1. The average molecular weight is 919 g/mol. The van der Waals surface area contributed by atoms with Gasteiger partial charge in [0, 0.05) is 37.2 Å². The number of nitrogens with one attached hydrogen (secondary N) is 5. The summed E-state index contributed by atoms with van der Waals surface area (Å²) < 4.78 is 15.4. The number of aromatic hydroxyl groups is 1. The molecule has 0 radical (unpaired) electrons. The molecule has 5 amide bonds. The predicted octanol–water partition coefficient (Wildman–Crippen LogP) is -1.23. The normalized spacial score (nSPS) is 16.6. The number of guanidine groups is 1. The summed E-state index contributed by atoms with van der Waals surface area (Å²) in [5.74, 6) is -4.84. The van der Waals surface area contributed by atoms with Crippen LogP contribution in [-0.4, -0.2) is 138 Å². The number of hydrazine groups is 1. The van der Waals surface area contributed by atoms with E-state index in [4.69, 9.17) is 25.7 Å². The van der Waals surface area contributed by atoms with E-state index in [0.29, 0.717) is 41.7 Å². The molecule has 0 saturated carbocycles. The maximum atomic E-state index is 14.2. The molecule has 3 rings (SSSR count). The van der Waals surface area contributed by atoms with Crippen LogP contribution in [0.5, 0.6) is 11.5 Å². The lowest BCUT2D eigenvalue weighted by molar-refractivity contribution is -0.525. The molecule has 65 heavy (non-hydrogen) atoms. The molecular weight excluding hydrogens is 857 g/mol. The number of esters is 2. The number of carbonyl (C=O) groups excluding carboxylic acids is 7. The Bertz CT molecular complexity index is 1990. The third kappa shape index (κ3) is 15.3. The van der Waals surface area contributed by atoms with Gasteiger partial charge in [-0.15, -0.1) is 0 Å². The van der Waals surface area contributed by atoms with Gasteiger partial charge in [-0.25, -0.2) is 24.7 Å². The largest absolute Gasteiger partial charge is 0.507 e. The molecule has 0 bridgehead atoms. The number of benzene rings is 1. The Morgan fingerprint density at radius 1 is 1.06 bits per heavy atom. The van der Waals surface area contributed by atoms with Gasteiger partial charge in [-0.3, -0.25) is 24.0 Å². The number of methoxy groups -OCH3 is 2. The monoisotopic (exact) mass is 918 g/mol. The van der Waals surface area contributed by atoms with Crippen molar-refractivity contribution in [3.8, 4) is 11.5 Å². The molecule has 11 N–H and O–H groups in total. The Morgan fingerprint density at radius 2 is 1.77 bits per heavy atom. The number of aliphatic hydroxyl groups is 1. The maximum absolute atomic E-state index is 14.2. The summed E-state index contributed by atoms with van der Waals surface area (Å²) >= 11 is 0. The van der Waals surface area contributed by atoms with Gasteiger partial charge in [0.25, 0.3) is 5.96 Å². The van der Waals surface area contributed by atoms with Crippen molar-refractivity contribution in [1.82, 2.24) is 31.6 Å². The summed E-state index contributed by atoms with van der Waals surface area (Å²) in [6.07, 6.45) is 2.27. The first kappa shape index (κ1) is 52.8. The summed E-state index contributed by atoms with van der Waals surface area (Å²) in [6.45, 7) is 4.94. The highest BCUT2D eigenvalue weighted by molar-refractivity contribution is 5.98. The third-order valence-electron chi connectivity index (χ3n) is 11.0. The number of aliphatic hydroxyl groups excluding tert-OH is 1. The zero-order valence-corrected chi connectivity index (χ0v) is 37.4. The van der Waals surface area contributed by atoms with Crippen molar-refractivity contribution < 1.29 is 63.0 Å². The number of nitrogens with two attached hydrogens (primary N) is 2. The topological polar surface area (TPSA) is 359 Å². The third-order valence-corrected chi connectivity index (χ3v) is 11.0. The second-order valence-corrected chi connectivity index (χ2v) is 15.6. The number of hydrogen-bond acceptors (Lipinski definition) is 16. The lowest BCUT2D eigenvalue weighted by Gasteiger charge is -2.30. The highest BCUT2D eigenvalue weighted by Gasteiger charge is 2.39. The zero-order chi connectivity index (χ0) is 48.4. The van der Waals surface area contributed by atoms with Gasteiger partial charge in [0.05, 0.1) is 26.9 Å². The number of unbranched alkanes of at least 4 members (excludes halogenated alkanes) is 1. The lowest BCUT2D eigenvalue weighted by Crippen LogP contribution is -2.58. The molecule has 0 aliphatic carbocycles. The van der Waals surface area contributed by atoms with Crippen LogP contribution in [0.15, 0.2) is 16.6 Å². The average Bonchev–Trinajstić information content (AvgIpc) is 3.92. The Labute approximate surface area is 375 Å². The van der Waals surface area contributed by atoms with Gasteiger partial charge < -0.3 is 62.1 Å². The van der Waals surface area contributed by atoms with Gasteiger partial charge in [-0.2, -0.15) is 0 Å². The minimum absolute atomic E-state index is 0.00134. The zero-order valence-electron chi connectivity index (χ0n) is 37.4. The smallest absolute Gasteiger partial charge is 0.342 e. The second kappa shape index (κ2) is 25.7. The molecule has 2 aliphatic heterocycles. The van der Waals surface area contributed by atoms with Gasteiger partial charge in [0.15, 0.2) is 11.1 Å². The Morgan fingerprint density at radius 3 is 2.42 bits per heavy atom. The number of nitrogens with zero attached hydrogens (tertiary/aromatic N) is 3. The van der Waals surface area contributed by atoms with Crippen molar-refractivity contribution in [2.24, 2.45) is 16.5 Å². The number of hydrogen-bond donors (Lipinski definition) is 9. The number of carbonyl (C=O) groups is 7. The quantitative estimate of drug-likeness (QED) is 0.0105. The predicted molar refractivity (Wildman–Crippen MR) is 231 cm³/mol. The molecular formula is C41H62N10O14. The van der Waals surface area contributed by atoms with Crippen LogP contribution in [0.4, 0.5) is 0 Å². The SMILES string of the molecule is COC(=O)[C@@H](NC(=O)[C@H](CCCCNC(=O)CN)NC(=O)[C@@H]1CCCN1C(=O)[C@H](CCCN=C(N)N[N+](=O)[O-])NC(=O)CC/C(C)=C/Cc1c(O)c2c(c(C)c1OC)COC2=O)[C@@H](C)O. The van der Waals surface area contributed by atoms with Gasteiger partial charge >= 0.3 is 11.9 Å². The molecule has 24 heteroatoms. The van der Waals surface area contributed by atoms with Gasteiger partial charge in [0.2, 0.25) is 29.5 Å². The minimum atomic E-state index is -1.45. The summed E-state index contributed by atoms with van der Waals surface area (Å²) in [4.78, 5) is 107. The highest BCUT2D eigenvalue weighted by atomic mass is 16.7. The van der Waals surface area contributed by atoms with Gasteiger partial charge in [-0.1, -0.05) is 17.1 Å². The Kier molecular flexibility index (Phi) is 20.8. The van der Waals surface area contributed by atoms with E-state index >= 15 is 0 Å². The van der Waals surface area contributed by atoms with Crippen LogP contribution < -0.4 is 42.9 Å². The van der Waals surface area contributed by atoms with Gasteiger partial charge in [-0.05, 0) is 84.1 Å². The molecule has 24 nitrogen and oxygen atoms in total. The second-order valence-electron chi connectivity index (χ2n) is 15.6. The van der Waals surface area contributed by atoms with Crippen molar-refractivity contribution in [1.29, 1.82) is 0 Å². The van der Waals surface area contributed by atoms with Crippen molar-refractivity contribution in [3.63, 3.8) is 0 Å². The van der Waals surface area contributed by atoms with Crippen molar-refractivity contribution >= 4 is 47.4 Å². The first-order valence-corrected chi connectivity index (χ1v) is 21.2. The number of aliphatic imine (C=N–C) groups is 1. The first-order chi connectivity index (χ1) is 30.8. The molecule has 1 saturated heterocycles. The summed E-state index contributed by atoms with van der Waals surface area (Å²) in [6, 6.07) is -4.94. The number of rotatable bonds is 25. The van der Waals surface area contributed by atoms with E-state index in [1.165, 1.54) is 18.9 Å². The number of allylic oxidation sites excluding steroid dienone is 2. The Hall–Kier alpha value is -6.56. The number of amides is 5. The number of phenols is 1. The van der Waals surface area contributed by atoms with E-state index in [1.54, 1.807) is 25.3 Å².